The van der Waals surface area contributed by atoms with Crippen molar-refractivity contribution < 1.29 is 8.42 Å². The summed E-state index contributed by atoms with van der Waals surface area (Å²) in [6.45, 7) is 0. The van der Waals surface area contributed by atoms with E-state index in [1.807, 2.05) is 6.07 Å². The van der Waals surface area contributed by atoms with E-state index in [0.29, 0.717) is 33.5 Å². The van der Waals surface area contributed by atoms with Crippen LogP contribution in [-0.2, 0) is 10.0 Å². The summed E-state index contributed by atoms with van der Waals surface area (Å²) in [5, 5.41) is 14.7. The molecule has 0 unspecified atom stereocenters. The second-order valence-electron chi connectivity index (χ2n) is 4.24. The molecule has 9 heteroatoms. The van der Waals surface area contributed by atoms with Gasteiger partial charge in [-0.05, 0) is 6.07 Å². The molecule has 0 amide bonds. The van der Waals surface area contributed by atoms with Crippen molar-refractivity contribution in [3.63, 3.8) is 0 Å². The van der Waals surface area contributed by atoms with Crippen LogP contribution in [0.1, 0.15) is 5.56 Å². The van der Waals surface area contributed by atoms with Gasteiger partial charge in [0.1, 0.15) is 6.07 Å². The molecule has 0 fully saturated rings. The molecule has 0 radical (unpaired) electrons. The van der Waals surface area contributed by atoms with E-state index in [1.165, 1.54) is 17.0 Å². The molecule has 0 saturated carbocycles. The smallest absolute Gasteiger partial charge is 0.313 e. The third kappa shape index (κ3) is 2.15. The van der Waals surface area contributed by atoms with Crippen molar-refractivity contribution in [1.82, 2.24) is 9.55 Å². The van der Waals surface area contributed by atoms with E-state index in [0.717, 1.165) is 0 Å². The number of H-pyrrole nitrogens is 1. The molecule has 0 spiro atoms. The molecule has 0 aliphatic rings. The average molecular weight is 320 g/mol. The molecule has 1 aromatic carbocycles. The van der Waals surface area contributed by atoms with Crippen LogP contribution in [0.5, 0.6) is 0 Å². The van der Waals surface area contributed by atoms with Crippen LogP contribution in [0.2, 0.25) is 0 Å². The predicted octanol–water partition coefficient (Wildman–Crippen LogP) is 0.899. The van der Waals surface area contributed by atoms with E-state index in [1.54, 1.807) is 18.2 Å². The number of para-hydroxylation sites is 1. The molecule has 3 aromatic rings. The van der Waals surface area contributed by atoms with E-state index in [4.69, 9.17) is 10.4 Å². The first kappa shape index (κ1) is 13.6. The SMILES string of the molecule is N#Cc1c[nH]c2c(-n3cc(S(N)(=O)=O)sc3=O)cccc12. The van der Waals surface area contributed by atoms with Crippen molar-refractivity contribution >= 4 is 32.3 Å². The number of fused-ring (bicyclic) bond motifs is 1. The van der Waals surface area contributed by atoms with E-state index in [9.17, 15) is 13.2 Å². The summed E-state index contributed by atoms with van der Waals surface area (Å²) in [5.41, 5.74) is 1.49. The Labute approximate surface area is 122 Å². The normalized spacial score (nSPS) is 11.6. The van der Waals surface area contributed by atoms with Gasteiger partial charge in [0.05, 0.1) is 16.8 Å². The molecular formula is C12H8N4O3S2. The Morgan fingerprint density at radius 3 is 2.76 bits per heavy atom. The van der Waals surface area contributed by atoms with E-state index < -0.39 is 14.9 Å². The maximum atomic E-state index is 12.0. The number of aromatic nitrogens is 2. The summed E-state index contributed by atoms with van der Waals surface area (Å²) < 4.78 is 23.6. The first-order valence-electron chi connectivity index (χ1n) is 5.67. The fraction of sp³-hybridized carbons (Fsp3) is 0. The van der Waals surface area contributed by atoms with E-state index >= 15 is 0 Å². The molecule has 3 N–H and O–H groups in total. The van der Waals surface area contributed by atoms with Gasteiger partial charge in [-0.1, -0.05) is 23.5 Å². The molecule has 0 saturated heterocycles. The Morgan fingerprint density at radius 1 is 1.38 bits per heavy atom. The number of nitriles is 1. The number of sulfonamides is 1. The van der Waals surface area contributed by atoms with Gasteiger partial charge < -0.3 is 4.98 Å². The molecule has 0 aliphatic carbocycles. The van der Waals surface area contributed by atoms with E-state index in [-0.39, 0.29) is 4.21 Å². The minimum Gasteiger partial charge on any atom is -0.358 e. The highest BCUT2D eigenvalue weighted by Crippen LogP contribution is 2.24. The van der Waals surface area contributed by atoms with Crippen LogP contribution >= 0.6 is 11.3 Å². The zero-order chi connectivity index (χ0) is 15.2. The van der Waals surface area contributed by atoms with Crippen LogP contribution in [-0.4, -0.2) is 18.0 Å². The lowest BCUT2D eigenvalue weighted by Crippen LogP contribution is -2.10. The minimum atomic E-state index is -3.93. The summed E-state index contributed by atoms with van der Waals surface area (Å²) in [5.74, 6) is 0. The van der Waals surface area contributed by atoms with Gasteiger partial charge in [-0.3, -0.25) is 9.36 Å². The first-order chi connectivity index (χ1) is 9.91. The number of nitrogens with two attached hydrogens (primary N) is 1. The van der Waals surface area contributed by atoms with Crippen LogP contribution in [0.15, 0.2) is 39.6 Å². The molecule has 3 rings (SSSR count). The second kappa shape index (κ2) is 4.56. The number of thiazole rings is 1. The minimum absolute atomic E-state index is 0.212. The Kier molecular flexibility index (Phi) is 2.94. The maximum Gasteiger partial charge on any atom is 0.313 e. The molecule has 0 aliphatic heterocycles. The quantitative estimate of drug-likeness (QED) is 0.728. The Bertz CT molecular complexity index is 1050. The zero-order valence-corrected chi connectivity index (χ0v) is 12.0. The molecule has 2 aromatic heterocycles. The van der Waals surface area contributed by atoms with Gasteiger partial charge in [0.2, 0.25) is 10.0 Å². The van der Waals surface area contributed by atoms with Crippen molar-refractivity contribution in [3.05, 3.63) is 45.8 Å². The summed E-state index contributed by atoms with van der Waals surface area (Å²) in [6.07, 6.45) is 2.72. The highest BCUT2D eigenvalue weighted by molar-refractivity contribution is 7.91. The molecule has 0 bridgehead atoms. The molecule has 7 nitrogen and oxygen atoms in total. The predicted molar refractivity (Wildman–Crippen MR) is 77.9 cm³/mol. The largest absolute Gasteiger partial charge is 0.358 e. The molecule has 21 heavy (non-hydrogen) atoms. The fourth-order valence-corrected chi connectivity index (χ4v) is 3.56. The summed E-state index contributed by atoms with van der Waals surface area (Å²) in [7, 11) is -3.93. The number of hydrogen-bond donors (Lipinski definition) is 2. The summed E-state index contributed by atoms with van der Waals surface area (Å²) >= 11 is 0.553. The van der Waals surface area contributed by atoms with Gasteiger partial charge in [0, 0.05) is 17.8 Å². The lowest BCUT2D eigenvalue weighted by molar-refractivity contribution is 0.599. The van der Waals surface area contributed by atoms with Gasteiger partial charge >= 0.3 is 4.87 Å². The van der Waals surface area contributed by atoms with Gasteiger partial charge in [0.15, 0.2) is 4.21 Å². The van der Waals surface area contributed by atoms with Crippen LogP contribution < -0.4 is 10.0 Å². The number of aromatic amines is 1. The van der Waals surface area contributed by atoms with Crippen molar-refractivity contribution in [1.29, 1.82) is 5.26 Å². The highest BCUT2D eigenvalue weighted by Gasteiger charge is 2.17. The van der Waals surface area contributed by atoms with E-state index in [2.05, 4.69) is 4.98 Å². The van der Waals surface area contributed by atoms with Gasteiger partial charge in [-0.2, -0.15) is 5.26 Å². The molecular weight excluding hydrogens is 312 g/mol. The average Bonchev–Trinajstić information content (AvgIpc) is 3.01. The zero-order valence-electron chi connectivity index (χ0n) is 10.4. The second-order valence-corrected chi connectivity index (χ2v) is 7.03. The molecule has 2 heterocycles. The van der Waals surface area contributed by atoms with Crippen LogP contribution in [0, 0.1) is 11.3 Å². The lowest BCUT2D eigenvalue weighted by Gasteiger charge is -2.03. The Hall–Kier alpha value is -2.41. The van der Waals surface area contributed by atoms with Crippen LogP contribution in [0.3, 0.4) is 0 Å². The van der Waals surface area contributed by atoms with Crippen molar-refractivity contribution in [2.45, 2.75) is 4.21 Å². The number of benzene rings is 1. The van der Waals surface area contributed by atoms with Crippen molar-refractivity contribution in [3.8, 4) is 11.8 Å². The van der Waals surface area contributed by atoms with Crippen LogP contribution in [0.25, 0.3) is 16.6 Å². The highest BCUT2D eigenvalue weighted by atomic mass is 32.2. The van der Waals surface area contributed by atoms with Crippen molar-refractivity contribution in [2.24, 2.45) is 5.14 Å². The number of hydrogen-bond acceptors (Lipinski definition) is 5. The van der Waals surface area contributed by atoms with Crippen molar-refractivity contribution in [2.75, 3.05) is 0 Å². The van der Waals surface area contributed by atoms with Gasteiger partial charge in [0.25, 0.3) is 0 Å². The Balaban J connectivity index is 2.32. The molecule has 0 atom stereocenters. The number of primary sulfonamides is 1. The third-order valence-electron chi connectivity index (χ3n) is 2.97. The monoisotopic (exact) mass is 320 g/mol. The lowest BCUT2D eigenvalue weighted by atomic mass is 10.1. The maximum absolute atomic E-state index is 12.0. The number of nitrogens with one attached hydrogen (secondary N) is 1. The third-order valence-corrected chi connectivity index (χ3v) is 5.26. The van der Waals surface area contributed by atoms with Gasteiger partial charge in [-0.25, -0.2) is 13.6 Å². The summed E-state index contributed by atoms with van der Waals surface area (Å²) in [4.78, 5) is 14.4. The van der Waals surface area contributed by atoms with Crippen LogP contribution in [0.4, 0.5) is 0 Å². The van der Waals surface area contributed by atoms with Gasteiger partial charge in [-0.15, -0.1) is 0 Å². The molecule has 106 valence electrons. The summed E-state index contributed by atoms with van der Waals surface area (Å²) in [6, 6.07) is 7.12. The standard InChI is InChI=1S/C12H8N4O3S2/c13-4-7-5-15-11-8(7)2-1-3-9(11)16-6-10(20-12(16)17)21(14,18)19/h1-3,5-6,15H,(H2,14,18,19). The topological polar surface area (TPSA) is 122 Å². The Morgan fingerprint density at radius 2 is 2.14 bits per heavy atom. The fourth-order valence-electron chi connectivity index (χ4n) is 2.05. The first-order valence-corrected chi connectivity index (χ1v) is 8.04. The number of rotatable bonds is 2. The number of nitrogens with zero attached hydrogens (tertiary/aromatic N) is 2.